The summed E-state index contributed by atoms with van der Waals surface area (Å²) < 4.78 is 4.78. The molecule has 0 unspecified atom stereocenters. The molecule has 0 aliphatic heterocycles. The minimum Gasteiger partial charge on any atom is -0.465 e. The topological polar surface area (TPSA) is 65.2 Å². The van der Waals surface area contributed by atoms with E-state index in [0.717, 1.165) is 23.1 Å². The van der Waals surface area contributed by atoms with Crippen LogP contribution in [0.25, 0.3) is 10.2 Å². The Kier molecular flexibility index (Phi) is 2.93. The van der Waals surface area contributed by atoms with Crippen LogP contribution in [-0.4, -0.2) is 18.1 Å². The molecule has 1 aliphatic rings. The maximum Gasteiger partial charge on any atom is 0.350 e. The molecular formula is C14H16N2O2S. The number of ether oxygens (including phenoxy) is 1. The molecule has 19 heavy (non-hydrogen) atoms. The van der Waals surface area contributed by atoms with Gasteiger partial charge in [-0.1, -0.05) is 6.92 Å². The van der Waals surface area contributed by atoms with E-state index in [4.69, 9.17) is 10.5 Å². The second kappa shape index (κ2) is 4.49. The molecule has 2 heterocycles. The molecule has 0 saturated heterocycles. The van der Waals surface area contributed by atoms with Crippen molar-refractivity contribution >= 4 is 33.2 Å². The summed E-state index contributed by atoms with van der Waals surface area (Å²) in [7, 11) is 1.37. The van der Waals surface area contributed by atoms with Crippen LogP contribution in [0.3, 0.4) is 0 Å². The molecule has 2 aromatic heterocycles. The lowest BCUT2D eigenvalue weighted by molar-refractivity contribution is 0.0607. The summed E-state index contributed by atoms with van der Waals surface area (Å²) in [4.78, 5) is 17.5. The van der Waals surface area contributed by atoms with Gasteiger partial charge in [-0.15, -0.1) is 11.3 Å². The number of pyridine rings is 1. The number of thiophene rings is 1. The number of aryl methyl sites for hydroxylation is 1. The second-order valence-electron chi connectivity index (χ2n) is 5.13. The molecular weight excluding hydrogens is 260 g/mol. The molecule has 0 saturated carbocycles. The van der Waals surface area contributed by atoms with Gasteiger partial charge in [0.15, 0.2) is 0 Å². The monoisotopic (exact) mass is 276 g/mol. The highest BCUT2D eigenvalue weighted by Crippen LogP contribution is 2.39. The van der Waals surface area contributed by atoms with Crippen molar-refractivity contribution in [2.45, 2.75) is 26.2 Å². The van der Waals surface area contributed by atoms with Crippen molar-refractivity contribution in [3.63, 3.8) is 0 Å². The fourth-order valence-electron chi connectivity index (χ4n) is 2.73. The van der Waals surface area contributed by atoms with Crippen molar-refractivity contribution in [3.8, 4) is 0 Å². The summed E-state index contributed by atoms with van der Waals surface area (Å²) in [6, 6.07) is 0. The van der Waals surface area contributed by atoms with Crippen LogP contribution in [0.2, 0.25) is 0 Å². The fraction of sp³-hybridized carbons (Fsp3) is 0.429. The van der Waals surface area contributed by atoms with Gasteiger partial charge in [-0.25, -0.2) is 9.78 Å². The van der Waals surface area contributed by atoms with Crippen molar-refractivity contribution in [1.82, 2.24) is 4.98 Å². The Morgan fingerprint density at radius 2 is 2.37 bits per heavy atom. The first-order chi connectivity index (χ1) is 9.11. The van der Waals surface area contributed by atoms with Crippen LogP contribution in [0.4, 0.5) is 5.69 Å². The summed E-state index contributed by atoms with van der Waals surface area (Å²) in [6.45, 7) is 2.25. The van der Waals surface area contributed by atoms with Crippen LogP contribution >= 0.6 is 11.3 Å². The molecule has 4 nitrogen and oxygen atoms in total. The predicted octanol–water partition coefficient (Wildman–Crippen LogP) is 2.79. The van der Waals surface area contributed by atoms with E-state index in [2.05, 4.69) is 11.9 Å². The number of nitrogens with zero attached hydrogens (tertiary/aromatic N) is 1. The molecule has 3 rings (SSSR count). The summed E-state index contributed by atoms with van der Waals surface area (Å²) in [6.07, 6.45) is 5.17. The van der Waals surface area contributed by atoms with Crippen LogP contribution in [0.5, 0.6) is 0 Å². The lowest BCUT2D eigenvalue weighted by Crippen LogP contribution is -2.12. The fourth-order valence-corrected chi connectivity index (χ4v) is 3.75. The van der Waals surface area contributed by atoms with Gasteiger partial charge < -0.3 is 10.5 Å². The van der Waals surface area contributed by atoms with Gasteiger partial charge in [0.1, 0.15) is 9.71 Å². The molecule has 0 spiro atoms. The van der Waals surface area contributed by atoms with E-state index in [1.165, 1.54) is 36.0 Å². The van der Waals surface area contributed by atoms with Crippen LogP contribution in [0.15, 0.2) is 6.20 Å². The van der Waals surface area contributed by atoms with Crippen molar-refractivity contribution in [2.24, 2.45) is 5.92 Å². The summed E-state index contributed by atoms with van der Waals surface area (Å²) in [5, 5.41) is 0.967. The van der Waals surface area contributed by atoms with Crippen LogP contribution in [0.1, 0.15) is 34.1 Å². The number of nitrogen functional groups attached to an aromatic ring is 1. The van der Waals surface area contributed by atoms with Gasteiger partial charge >= 0.3 is 5.97 Å². The lowest BCUT2D eigenvalue weighted by Gasteiger charge is -2.21. The number of rotatable bonds is 1. The van der Waals surface area contributed by atoms with Crippen molar-refractivity contribution < 1.29 is 9.53 Å². The number of esters is 1. The Hall–Kier alpha value is -1.62. The lowest BCUT2D eigenvalue weighted by atomic mass is 9.84. The van der Waals surface area contributed by atoms with Crippen LogP contribution in [-0.2, 0) is 17.6 Å². The van der Waals surface area contributed by atoms with Gasteiger partial charge in [-0.05, 0) is 36.3 Å². The average Bonchev–Trinajstić information content (AvgIpc) is 2.75. The number of methoxy groups -OCH3 is 1. The zero-order valence-corrected chi connectivity index (χ0v) is 11.8. The maximum absolute atomic E-state index is 11.7. The number of nitrogens with two attached hydrogens (primary N) is 1. The van der Waals surface area contributed by atoms with Crippen LogP contribution < -0.4 is 5.73 Å². The summed E-state index contributed by atoms with van der Waals surface area (Å²) >= 11 is 1.32. The van der Waals surface area contributed by atoms with Crippen molar-refractivity contribution in [2.75, 3.05) is 12.8 Å². The van der Waals surface area contributed by atoms with Gasteiger partial charge in [-0.2, -0.15) is 0 Å². The van der Waals surface area contributed by atoms with Gasteiger partial charge in [0, 0.05) is 11.6 Å². The number of anilines is 1. The first-order valence-electron chi connectivity index (χ1n) is 6.38. The minimum absolute atomic E-state index is 0.377. The highest BCUT2D eigenvalue weighted by molar-refractivity contribution is 7.21. The Balaban J connectivity index is 2.25. The van der Waals surface area contributed by atoms with Gasteiger partial charge in [0.05, 0.1) is 12.8 Å². The number of hydrogen-bond donors (Lipinski definition) is 1. The molecule has 100 valence electrons. The quantitative estimate of drug-likeness (QED) is 0.813. The molecule has 2 N–H and O–H groups in total. The number of aromatic nitrogens is 1. The van der Waals surface area contributed by atoms with Crippen LogP contribution in [0, 0.1) is 5.92 Å². The number of fused-ring (bicyclic) bond motifs is 3. The predicted molar refractivity (Wildman–Crippen MR) is 76.6 cm³/mol. The molecule has 0 aromatic carbocycles. The van der Waals surface area contributed by atoms with Crippen molar-refractivity contribution in [1.29, 1.82) is 0 Å². The largest absolute Gasteiger partial charge is 0.465 e. The minimum atomic E-state index is -0.377. The third-order valence-corrected chi connectivity index (χ3v) is 4.88. The summed E-state index contributed by atoms with van der Waals surface area (Å²) in [5.74, 6) is 0.275. The summed E-state index contributed by atoms with van der Waals surface area (Å²) in [5.41, 5.74) is 9.23. The van der Waals surface area contributed by atoms with E-state index in [9.17, 15) is 4.79 Å². The van der Waals surface area contributed by atoms with E-state index in [1.807, 2.05) is 6.20 Å². The van der Waals surface area contributed by atoms with E-state index in [-0.39, 0.29) is 5.97 Å². The van der Waals surface area contributed by atoms with Gasteiger partial charge in [-0.3, -0.25) is 0 Å². The molecule has 0 bridgehead atoms. The van der Waals surface area contributed by atoms with E-state index >= 15 is 0 Å². The molecule has 0 radical (unpaired) electrons. The first-order valence-corrected chi connectivity index (χ1v) is 7.20. The Labute approximate surface area is 115 Å². The molecule has 2 aromatic rings. The SMILES string of the molecule is COC(=O)c1sc2ncc3c(c2c1N)C[C@@H](C)CC3. The smallest absolute Gasteiger partial charge is 0.350 e. The number of hydrogen-bond acceptors (Lipinski definition) is 5. The highest BCUT2D eigenvalue weighted by Gasteiger charge is 2.24. The number of carbonyl (C=O) groups is 1. The van der Waals surface area contributed by atoms with E-state index in [0.29, 0.717) is 16.5 Å². The molecule has 0 fully saturated rings. The maximum atomic E-state index is 11.7. The Morgan fingerprint density at radius 3 is 3.11 bits per heavy atom. The average molecular weight is 276 g/mol. The second-order valence-corrected chi connectivity index (χ2v) is 6.13. The first kappa shape index (κ1) is 12.4. The molecule has 1 aliphatic carbocycles. The zero-order chi connectivity index (χ0) is 13.6. The Bertz CT molecular complexity index is 663. The van der Waals surface area contributed by atoms with Gasteiger partial charge in [0.2, 0.25) is 0 Å². The number of carbonyl (C=O) groups excluding carboxylic acids is 1. The van der Waals surface area contributed by atoms with Crippen molar-refractivity contribution in [3.05, 3.63) is 22.2 Å². The molecule has 0 amide bonds. The normalized spacial score (nSPS) is 18.3. The third-order valence-electron chi connectivity index (χ3n) is 3.78. The Morgan fingerprint density at radius 1 is 1.58 bits per heavy atom. The van der Waals surface area contributed by atoms with E-state index < -0.39 is 0 Å². The molecule has 5 heteroatoms. The van der Waals surface area contributed by atoms with Gasteiger partial charge in [0.25, 0.3) is 0 Å². The third kappa shape index (κ3) is 1.89. The zero-order valence-electron chi connectivity index (χ0n) is 11.0. The van der Waals surface area contributed by atoms with E-state index in [1.54, 1.807) is 0 Å². The molecule has 1 atom stereocenters. The standard InChI is InChI=1S/C14H16N2O2S/c1-7-3-4-8-6-16-13-10(9(8)5-7)11(15)12(19-13)14(17)18-2/h6-7H,3-5,15H2,1-2H3/t7-/m0/s1. The highest BCUT2D eigenvalue weighted by atomic mass is 32.1.